The van der Waals surface area contributed by atoms with Gasteiger partial charge in [-0.25, -0.2) is 9.38 Å². The number of methoxy groups -OCH3 is 1. The van der Waals surface area contributed by atoms with Crippen LogP contribution in [0.2, 0.25) is 0 Å². The van der Waals surface area contributed by atoms with Crippen molar-refractivity contribution in [3.05, 3.63) is 11.8 Å². The van der Waals surface area contributed by atoms with Gasteiger partial charge in [0, 0.05) is 18.1 Å². The van der Waals surface area contributed by atoms with Crippen LogP contribution in [0.1, 0.15) is 27.2 Å². The molecule has 0 saturated carbocycles. The van der Waals surface area contributed by atoms with E-state index in [4.69, 9.17) is 4.74 Å². The van der Waals surface area contributed by atoms with Gasteiger partial charge in [0.05, 0.1) is 18.6 Å². The maximum Gasteiger partial charge on any atom is 0.186 e. The minimum absolute atomic E-state index is 0.105. The Balaban J connectivity index is 2.37. The van der Waals surface area contributed by atoms with E-state index >= 15 is 0 Å². The third-order valence-corrected chi connectivity index (χ3v) is 5.45. The van der Waals surface area contributed by atoms with Gasteiger partial charge in [0.15, 0.2) is 11.8 Å². The Morgan fingerprint density at radius 2 is 2.22 bits per heavy atom. The number of nitrogens with zero attached hydrogens (tertiary/aromatic N) is 2. The molecule has 0 radical (unpaired) electrons. The van der Waals surface area contributed by atoms with Crippen molar-refractivity contribution < 1.29 is 13.9 Å². The Kier molecular flexibility index (Phi) is 5.65. The molecule has 0 fully saturated rings. The summed E-state index contributed by atoms with van der Waals surface area (Å²) in [6.07, 6.45) is 6.66. The van der Waals surface area contributed by atoms with Gasteiger partial charge in [0.1, 0.15) is 5.67 Å². The van der Waals surface area contributed by atoms with E-state index in [-0.39, 0.29) is 29.2 Å². The van der Waals surface area contributed by atoms with Crippen molar-refractivity contribution in [2.75, 3.05) is 13.4 Å². The van der Waals surface area contributed by atoms with Gasteiger partial charge in [0.25, 0.3) is 0 Å². The van der Waals surface area contributed by atoms with Gasteiger partial charge in [-0.15, -0.1) is 11.8 Å². The molecule has 0 aromatic carbocycles. The number of hydrogen-bond donors (Lipinski definition) is 0. The summed E-state index contributed by atoms with van der Waals surface area (Å²) in [5, 5.41) is 0. The van der Waals surface area contributed by atoms with Gasteiger partial charge in [-0.3, -0.25) is 9.79 Å². The number of ether oxygens (including phenoxy) is 1. The third-order valence-electron chi connectivity index (χ3n) is 4.80. The molecule has 1 aliphatic heterocycles. The highest BCUT2D eigenvalue weighted by molar-refractivity contribution is 7.99. The van der Waals surface area contributed by atoms with E-state index in [1.165, 1.54) is 11.8 Å². The van der Waals surface area contributed by atoms with Crippen LogP contribution in [-0.4, -0.2) is 42.7 Å². The predicted octanol–water partition coefficient (Wildman–Crippen LogP) is 3.52. The average Bonchev–Trinajstić information content (AvgIpc) is 2.52. The summed E-state index contributed by atoms with van der Waals surface area (Å²) >= 11 is 1.48. The topological polar surface area (TPSA) is 51.0 Å². The molecule has 5 atom stereocenters. The van der Waals surface area contributed by atoms with Crippen molar-refractivity contribution in [2.45, 2.75) is 38.4 Å². The van der Waals surface area contributed by atoms with Crippen LogP contribution in [0.3, 0.4) is 0 Å². The summed E-state index contributed by atoms with van der Waals surface area (Å²) in [4.78, 5) is 20.3. The van der Waals surface area contributed by atoms with Gasteiger partial charge in [0.2, 0.25) is 0 Å². The summed E-state index contributed by atoms with van der Waals surface area (Å²) in [5.74, 6) is 0.288. The number of carbonyl (C=O) groups excluding carboxylic acids is 1. The highest BCUT2D eigenvalue weighted by Crippen LogP contribution is 2.45. The Morgan fingerprint density at radius 1 is 1.52 bits per heavy atom. The average molecular weight is 340 g/mol. The Bertz CT molecular complexity index is 543. The van der Waals surface area contributed by atoms with Crippen LogP contribution in [-0.2, 0) is 9.53 Å². The molecule has 4 nitrogen and oxygen atoms in total. The quantitative estimate of drug-likeness (QED) is 0.720. The Morgan fingerprint density at radius 3 is 2.74 bits per heavy atom. The van der Waals surface area contributed by atoms with Gasteiger partial charge in [-0.1, -0.05) is 13.8 Å². The number of aldehydes is 1. The second-order valence-corrected chi connectivity index (χ2v) is 7.55. The minimum Gasteiger partial charge on any atom is -0.501 e. The fourth-order valence-corrected chi connectivity index (χ4v) is 4.01. The lowest BCUT2D eigenvalue weighted by atomic mass is 9.68. The smallest absolute Gasteiger partial charge is 0.186 e. The number of alkyl halides is 1. The summed E-state index contributed by atoms with van der Waals surface area (Å²) in [6, 6.07) is 0. The number of halogens is 1. The van der Waals surface area contributed by atoms with E-state index < -0.39 is 5.67 Å². The highest BCUT2D eigenvalue weighted by atomic mass is 32.2. The summed E-state index contributed by atoms with van der Waals surface area (Å²) < 4.78 is 20.4. The van der Waals surface area contributed by atoms with Crippen molar-refractivity contribution in [3.8, 4) is 0 Å². The summed E-state index contributed by atoms with van der Waals surface area (Å²) in [5.41, 5.74) is -1.21. The van der Waals surface area contributed by atoms with E-state index in [0.717, 1.165) is 6.29 Å². The number of thioether (sulfide) groups is 1. The lowest BCUT2D eigenvalue weighted by molar-refractivity contribution is -0.103. The third kappa shape index (κ3) is 3.67. The fraction of sp³-hybridized carbons (Fsp3) is 0.706. The minimum atomic E-state index is -1.41. The zero-order valence-electron chi connectivity index (χ0n) is 14.3. The van der Waals surface area contributed by atoms with Crippen LogP contribution in [0.5, 0.6) is 0 Å². The van der Waals surface area contributed by atoms with Crippen LogP contribution in [0, 0.1) is 23.7 Å². The first-order valence-electron chi connectivity index (χ1n) is 7.88. The molecule has 0 amide bonds. The summed E-state index contributed by atoms with van der Waals surface area (Å²) in [6.45, 7) is 5.65. The largest absolute Gasteiger partial charge is 0.501 e. The summed E-state index contributed by atoms with van der Waals surface area (Å²) in [7, 11) is 1.55. The van der Waals surface area contributed by atoms with E-state index in [1.54, 1.807) is 26.3 Å². The van der Waals surface area contributed by atoms with Gasteiger partial charge in [-0.05, 0) is 37.5 Å². The van der Waals surface area contributed by atoms with Crippen LogP contribution < -0.4 is 0 Å². The first kappa shape index (κ1) is 18.2. The fourth-order valence-electron chi connectivity index (χ4n) is 3.59. The molecule has 2 rings (SSSR count). The number of rotatable bonds is 5. The number of carbonyl (C=O) groups is 1. The monoisotopic (exact) mass is 340 g/mol. The van der Waals surface area contributed by atoms with E-state index in [1.807, 2.05) is 20.1 Å². The Labute approximate surface area is 141 Å². The molecule has 0 spiro atoms. The lowest BCUT2D eigenvalue weighted by Gasteiger charge is -2.41. The molecule has 0 aromatic heterocycles. The molecular formula is C17H25FN2O2S. The molecule has 6 heteroatoms. The van der Waals surface area contributed by atoms with Crippen LogP contribution in [0.4, 0.5) is 4.39 Å². The Hall–Kier alpha value is -1.17. The van der Waals surface area contributed by atoms with Crippen LogP contribution >= 0.6 is 11.8 Å². The van der Waals surface area contributed by atoms with Crippen molar-refractivity contribution >= 4 is 30.0 Å². The molecule has 0 bridgehead atoms. The number of aliphatic imine (C=N–C) groups is 2. The van der Waals surface area contributed by atoms with Gasteiger partial charge >= 0.3 is 0 Å². The molecule has 0 N–H and O–H groups in total. The van der Waals surface area contributed by atoms with Crippen molar-refractivity contribution in [3.63, 3.8) is 0 Å². The number of hydrogen-bond acceptors (Lipinski definition) is 5. The second-order valence-electron chi connectivity index (χ2n) is 6.65. The molecule has 128 valence electrons. The lowest BCUT2D eigenvalue weighted by Crippen LogP contribution is -2.42. The zero-order chi connectivity index (χ0) is 17.2. The van der Waals surface area contributed by atoms with Crippen molar-refractivity contribution in [1.82, 2.24) is 0 Å². The van der Waals surface area contributed by atoms with Crippen molar-refractivity contribution in [1.29, 1.82) is 0 Å². The molecule has 1 heterocycles. The normalized spacial score (nSPS) is 37.3. The van der Waals surface area contributed by atoms with Gasteiger partial charge in [-0.2, -0.15) is 0 Å². The zero-order valence-corrected chi connectivity index (χ0v) is 15.1. The second kappa shape index (κ2) is 7.16. The molecule has 0 saturated heterocycles. The van der Waals surface area contributed by atoms with Crippen LogP contribution in [0.25, 0.3) is 0 Å². The standard InChI is InChI=1S/C17H25FN2O2S/c1-10(2)13-6-11(15(22-4)7-17(13,3)18)12-8-19-16(23-5)20-14(12)9-21/h7-13,16H,6H2,1-5H3. The maximum absolute atomic E-state index is 15.0. The molecule has 2 aliphatic rings. The molecule has 0 aromatic rings. The maximum atomic E-state index is 15.0. The first-order valence-corrected chi connectivity index (χ1v) is 9.17. The van der Waals surface area contributed by atoms with Gasteiger partial charge < -0.3 is 4.74 Å². The van der Waals surface area contributed by atoms with E-state index in [0.29, 0.717) is 17.9 Å². The SMILES string of the molecule is COC1=CC(C)(F)C(C(C)C)CC1C1C=NC(SC)N=C1C=O. The van der Waals surface area contributed by atoms with Crippen molar-refractivity contribution in [2.24, 2.45) is 33.7 Å². The molecule has 23 heavy (non-hydrogen) atoms. The van der Waals surface area contributed by atoms with Crippen LogP contribution in [0.15, 0.2) is 21.8 Å². The van der Waals surface area contributed by atoms with E-state index in [9.17, 15) is 9.18 Å². The molecule has 5 unspecified atom stereocenters. The highest BCUT2D eigenvalue weighted by Gasteiger charge is 2.45. The number of allylic oxidation sites excluding steroid dienone is 2. The molecular weight excluding hydrogens is 315 g/mol. The predicted molar refractivity (Wildman–Crippen MR) is 93.8 cm³/mol. The van der Waals surface area contributed by atoms with E-state index in [2.05, 4.69) is 9.98 Å². The molecule has 1 aliphatic carbocycles. The first-order chi connectivity index (χ1) is 10.8.